The Morgan fingerprint density at radius 2 is 1.94 bits per heavy atom. The molecule has 2 heterocycles. The number of aryl methyl sites for hydroxylation is 1. The van der Waals surface area contributed by atoms with Gasteiger partial charge < -0.3 is 10.0 Å². The Morgan fingerprint density at radius 3 is 2.47 bits per heavy atom. The summed E-state index contributed by atoms with van der Waals surface area (Å²) in [7, 11) is 0. The minimum atomic E-state index is -0.382. The second-order valence-electron chi connectivity index (χ2n) is 4.25. The third-order valence-electron chi connectivity index (χ3n) is 2.96. The van der Waals surface area contributed by atoms with E-state index in [0.29, 0.717) is 11.0 Å². The van der Waals surface area contributed by atoms with Crippen molar-refractivity contribution in [1.29, 1.82) is 0 Å². The molecule has 1 saturated heterocycles. The average Bonchev–Trinajstić information content (AvgIpc) is 2.28. The Bertz CT molecular complexity index is 371. The van der Waals surface area contributed by atoms with Gasteiger partial charge in [0.05, 0.1) is 0 Å². The lowest BCUT2D eigenvalue weighted by atomic mass is 10.3. The van der Waals surface area contributed by atoms with Gasteiger partial charge in [-0.15, -0.1) is 0 Å². The highest BCUT2D eigenvalue weighted by molar-refractivity contribution is 6.29. The molecule has 0 aliphatic carbocycles. The average molecular weight is 257 g/mol. The molecule has 1 N–H and O–H groups in total. The summed E-state index contributed by atoms with van der Waals surface area (Å²) in [6.45, 7) is 6.98. The van der Waals surface area contributed by atoms with Crippen molar-refractivity contribution in [2.45, 2.75) is 20.1 Å². The van der Waals surface area contributed by atoms with Crippen molar-refractivity contribution in [3.8, 4) is 0 Å². The van der Waals surface area contributed by atoms with Crippen LogP contribution >= 0.6 is 11.6 Å². The highest BCUT2D eigenvalue weighted by Crippen LogP contribution is 2.18. The Morgan fingerprint density at radius 1 is 1.29 bits per heavy atom. The van der Waals surface area contributed by atoms with Crippen LogP contribution < -0.4 is 4.90 Å². The van der Waals surface area contributed by atoms with Crippen LogP contribution in [0.4, 0.5) is 5.82 Å². The van der Waals surface area contributed by atoms with E-state index in [0.717, 1.165) is 32.0 Å². The smallest absolute Gasteiger partial charge is 0.134 e. The molecular formula is C11H17ClN4O. The van der Waals surface area contributed by atoms with Crippen LogP contribution in [0.2, 0.25) is 5.15 Å². The lowest BCUT2D eigenvalue weighted by molar-refractivity contribution is 0.0152. The van der Waals surface area contributed by atoms with Gasteiger partial charge in [0.15, 0.2) is 0 Å². The Labute approximate surface area is 106 Å². The van der Waals surface area contributed by atoms with Gasteiger partial charge in [0.25, 0.3) is 0 Å². The Balaban J connectivity index is 2.05. The number of aliphatic hydroxyl groups excluding tert-OH is 1. The fraction of sp³-hybridized carbons (Fsp3) is 0.636. The zero-order valence-electron chi connectivity index (χ0n) is 10.1. The maximum Gasteiger partial charge on any atom is 0.134 e. The van der Waals surface area contributed by atoms with Crippen molar-refractivity contribution in [2.75, 3.05) is 31.1 Å². The van der Waals surface area contributed by atoms with Crippen LogP contribution in [0.5, 0.6) is 0 Å². The lowest BCUT2D eigenvalue weighted by Crippen LogP contribution is -2.49. The van der Waals surface area contributed by atoms with Crippen LogP contribution in [0, 0.1) is 6.92 Å². The third kappa shape index (κ3) is 3.06. The second-order valence-corrected chi connectivity index (χ2v) is 4.64. The number of hydrogen-bond acceptors (Lipinski definition) is 5. The van der Waals surface area contributed by atoms with Crippen molar-refractivity contribution in [3.63, 3.8) is 0 Å². The number of piperazine rings is 1. The number of halogens is 1. The quantitative estimate of drug-likeness (QED) is 0.797. The zero-order chi connectivity index (χ0) is 12.4. The van der Waals surface area contributed by atoms with E-state index in [9.17, 15) is 5.11 Å². The van der Waals surface area contributed by atoms with Crippen molar-refractivity contribution in [3.05, 3.63) is 17.0 Å². The molecule has 17 heavy (non-hydrogen) atoms. The normalized spacial score (nSPS) is 19.4. The molecule has 0 saturated carbocycles. The highest BCUT2D eigenvalue weighted by Gasteiger charge is 2.20. The van der Waals surface area contributed by atoms with Crippen molar-refractivity contribution in [1.82, 2.24) is 14.9 Å². The predicted octanol–water partition coefficient (Wildman–Crippen LogP) is 0.899. The monoisotopic (exact) mass is 256 g/mol. The summed E-state index contributed by atoms with van der Waals surface area (Å²) in [6.07, 6.45) is -0.382. The molecule has 5 nitrogen and oxygen atoms in total. The second kappa shape index (κ2) is 5.16. The molecule has 6 heteroatoms. The summed E-state index contributed by atoms with van der Waals surface area (Å²) >= 11 is 5.92. The molecule has 0 spiro atoms. The summed E-state index contributed by atoms with van der Waals surface area (Å²) in [5.41, 5.74) is 0. The Hall–Kier alpha value is -0.910. The van der Waals surface area contributed by atoms with E-state index in [1.54, 1.807) is 13.0 Å². The molecule has 1 unspecified atom stereocenters. The number of anilines is 1. The number of aliphatic hydroxyl groups is 1. The van der Waals surface area contributed by atoms with Gasteiger partial charge in [-0.05, 0) is 13.8 Å². The molecule has 2 rings (SSSR count). The van der Waals surface area contributed by atoms with E-state index in [2.05, 4.69) is 14.9 Å². The van der Waals surface area contributed by atoms with Gasteiger partial charge in [0.1, 0.15) is 23.0 Å². The van der Waals surface area contributed by atoms with Crippen molar-refractivity contribution in [2.24, 2.45) is 0 Å². The van der Waals surface area contributed by atoms with Crippen LogP contribution in [-0.4, -0.2) is 52.4 Å². The lowest BCUT2D eigenvalue weighted by Gasteiger charge is -2.36. The van der Waals surface area contributed by atoms with Gasteiger partial charge in [0.2, 0.25) is 0 Å². The summed E-state index contributed by atoms with van der Waals surface area (Å²) < 4.78 is 0. The van der Waals surface area contributed by atoms with E-state index < -0.39 is 0 Å². The van der Waals surface area contributed by atoms with Gasteiger partial charge in [-0.1, -0.05) is 11.6 Å². The van der Waals surface area contributed by atoms with Crippen LogP contribution in [0.3, 0.4) is 0 Å². The zero-order valence-corrected chi connectivity index (χ0v) is 10.9. The molecule has 1 aliphatic rings. The molecule has 1 aliphatic heterocycles. The highest BCUT2D eigenvalue weighted by atomic mass is 35.5. The molecule has 0 aromatic carbocycles. The fourth-order valence-electron chi connectivity index (χ4n) is 2.00. The molecule has 1 aromatic heterocycles. The first-order valence-corrected chi connectivity index (χ1v) is 6.12. The number of hydrogen-bond donors (Lipinski definition) is 1. The van der Waals surface area contributed by atoms with Gasteiger partial charge >= 0.3 is 0 Å². The first kappa shape index (κ1) is 12.5. The molecule has 0 amide bonds. The summed E-state index contributed by atoms with van der Waals surface area (Å²) in [5.74, 6) is 1.55. The summed E-state index contributed by atoms with van der Waals surface area (Å²) in [4.78, 5) is 12.6. The standard InChI is InChI=1S/C11H17ClN4O/c1-8-13-10(12)7-11(14-8)16-5-3-15(4-6-16)9(2)17/h7,9,17H,3-6H2,1-2H3. The van der Waals surface area contributed by atoms with Gasteiger partial charge in [-0.2, -0.15) is 0 Å². The molecule has 0 radical (unpaired) electrons. The van der Waals surface area contributed by atoms with E-state index in [1.165, 1.54) is 0 Å². The van der Waals surface area contributed by atoms with E-state index >= 15 is 0 Å². The summed E-state index contributed by atoms with van der Waals surface area (Å²) in [5, 5.41) is 9.96. The molecular weight excluding hydrogens is 240 g/mol. The molecule has 94 valence electrons. The molecule has 1 aromatic rings. The van der Waals surface area contributed by atoms with Crippen LogP contribution in [0.1, 0.15) is 12.7 Å². The van der Waals surface area contributed by atoms with Crippen molar-refractivity contribution < 1.29 is 5.11 Å². The van der Waals surface area contributed by atoms with Crippen molar-refractivity contribution >= 4 is 17.4 Å². The first-order valence-electron chi connectivity index (χ1n) is 5.74. The maximum atomic E-state index is 9.48. The SMILES string of the molecule is Cc1nc(Cl)cc(N2CCN(C(C)O)CC2)n1. The topological polar surface area (TPSA) is 52.5 Å². The van der Waals surface area contributed by atoms with E-state index in [4.69, 9.17) is 11.6 Å². The van der Waals surface area contributed by atoms with Gasteiger partial charge in [0, 0.05) is 32.2 Å². The van der Waals surface area contributed by atoms with Crippen LogP contribution in [0.25, 0.3) is 0 Å². The van der Waals surface area contributed by atoms with E-state index in [1.807, 2.05) is 11.8 Å². The fourth-order valence-corrected chi connectivity index (χ4v) is 2.22. The maximum absolute atomic E-state index is 9.48. The predicted molar refractivity (Wildman–Crippen MR) is 67.2 cm³/mol. The summed E-state index contributed by atoms with van der Waals surface area (Å²) in [6, 6.07) is 1.78. The third-order valence-corrected chi connectivity index (χ3v) is 3.15. The number of nitrogens with zero attached hydrogens (tertiary/aromatic N) is 4. The minimum absolute atomic E-state index is 0.382. The van der Waals surface area contributed by atoms with E-state index in [-0.39, 0.29) is 6.23 Å². The van der Waals surface area contributed by atoms with Crippen LogP contribution in [0.15, 0.2) is 6.07 Å². The largest absolute Gasteiger partial charge is 0.379 e. The van der Waals surface area contributed by atoms with Crippen LogP contribution in [-0.2, 0) is 0 Å². The number of aromatic nitrogens is 2. The first-order chi connectivity index (χ1) is 8.06. The molecule has 1 fully saturated rings. The Kier molecular flexibility index (Phi) is 3.81. The van der Waals surface area contributed by atoms with Gasteiger partial charge in [-0.3, -0.25) is 4.90 Å². The van der Waals surface area contributed by atoms with Gasteiger partial charge in [-0.25, -0.2) is 9.97 Å². The molecule has 1 atom stereocenters. The minimum Gasteiger partial charge on any atom is -0.379 e. The number of rotatable bonds is 2. The molecule has 0 bridgehead atoms.